The van der Waals surface area contributed by atoms with Crippen molar-refractivity contribution in [2.24, 2.45) is 0 Å². The molecule has 0 atom stereocenters. The number of rotatable bonds is 7. The monoisotopic (exact) mass is 320 g/mol. The molecule has 1 amide bonds. The van der Waals surface area contributed by atoms with E-state index in [2.05, 4.69) is 34.3 Å². The highest BCUT2D eigenvalue weighted by Gasteiger charge is 2.17. The van der Waals surface area contributed by atoms with Gasteiger partial charge in [-0.05, 0) is 50.4 Å². The van der Waals surface area contributed by atoms with Crippen molar-refractivity contribution >= 4 is 5.91 Å². The summed E-state index contributed by atoms with van der Waals surface area (Å²) in [6.07, 6.45) is 0. The van der Waals surface area contributed by atoms with Gasteiger partial charge in [-0.25, -0.2) is 4.68 Å². The van der Waals surface area contributed by atoms with Gasteiger partial charge < -0.3 is 9.32 Å². The first-order valence-electron chi connectivity index (χ1n) is 7.61. The SMILES string of the molecule is Cc1ccc(CN(C)C(=O)Cn2nnnc2CN(C)C(C)C)o1. The molecule has 2 rings (SSSR count). The number of carbonyl (C=O) groups excluding carboxylic acids is 1. The molecule has 0 spiro atoms. The minimum absolute atomic E-state index is 0.0696. The van der Waals surface area contributed by atoms with E-state index in [1.54, 1.807) is 16.6 Å². The van der Waals surface area contributed by atoms with Gasteiger partial charge in [0.2, 0.25) is 5.91 Å². The summed E-state index contributed by atoms with van der Waals surface area (Å²) in [4.78, 5) is 16.1. The van der Waals surface area contributed by atoms with Crippen LogP contribution in [-0.4, -0.2) is 56.1 Å². The Kier molecular flexibility index (Phi) is 5.49. The van der Waals surface area contributed by atoms with Gasteiger partial charge in [0.1, 0.15) is 18.1 Å². The van der Waals surface area contributed by atoms with Crippen molar-refractivity contribution in [3.63, 3.8) is 0 Å². The van der Waals surface area contributed by atoms with Crippen LogP contribution >= 0.6 is 0 Å². The lowest BCUT2D eigenvalue weighted by Gasteiger charge is -2.20. The molecule has 0 aromatic carbocycles. The van der Waals surface area contributed by atoms with Crippen LogP contribution in [0.15, 0.2) is 16.5 Å². The molecular formula is C15H24N6O2. The van der Waals surface area contributed by atoms with Crippen LogP contribution in [0.5, 0.6) is 0 Å². The van der Waals surface area contributed by atoms with E-state index in [0.717, 1.165) is 11.5 Å². The van der Waals surface area contributed by atoms with E-state index in [4.69, 9.17) is 4.42 Å². The van der Waals surface area contributed by atoms with Gasteiger partial charge in [0.25, 0.3) is 0 Å². The van der Waals surface area contributed by atoms with Gasteiger partial charge in [-0.3, -0.25) is 9.69 Å². The summed E-state index contributed by atoms with van der Waals surface area (Å²) < 4.78 is 7.04. The average Bonchev–Trinajstić information content (AvgIpc) is 3.08. The van der Waals surface area contributed by atoms with Crippen LogP contribution in [0.1, 0.15) is 31.2 Å². The van der Waals surface area contributed by atoms with E-state index in [9.17, 15) is 4.79 Å². The molecular weight excluding hydrogens is 296 g/mol. The Labute approximate surface area is 136 Å². The third kappa shape index (κ3) is 4.62. The molecule has 8 nitrogen and oxygen atoms in total. The van der Waals surface area contributed by atoms with Crippen molar-refractivity contribution in [2.75, 3.05) is 14.1 Å². The first-order valence-corrected chi connectivity index (χ1v) is 7.61. The third-order valence-electron chi connectivity index (χ3n) is 3.78. The molecule has 0 saturated carbocycles. The standard InChI is InChI=1S/C15H24N6O2/c1-11(2)19(4)9-14-16-17-18-21(14)10-15(22)20(5)8-13-7-6-12(3)23-13/h6-7,11H,8-10H2,1-5H3. The molecule has 0 bridgehead atoms. The highest BCUT2D eigenvalue weighted by molar-refractivity contribution is 5.75. The molecule has 8 heteroatoms. The Hall–Kier alpha value is -2.22. The van der Waals surface area contributed by atoms with Crippen LogP contribution in [0.2, 0.25) is 0 Å². The number of carbonyl (C=O) groups is 1. The fourth-order valence-electron chi connectivity index (χ4n) is 2.01. The van der Waals surface area contributed by atoms with Crippen LogP contribution < -0.4 is 0 Å². The lowest BCUT2D eigenvalue weighted by atomic mass is 10.3. The summed E-state index contributed by atoms with van der Waals surface area (Å²) in [5.41, 5.74) is 0. The number of likely N-dealkylation sites (N-methyl/N-ethyl adjacent to an activating group) is 1. The molecule has 0 radical (unpaired) electrons. The number of hydrogen-bond donors (Lipinski definition) is 0. The van der Waals surface area contributed by atoms with Crippen LogP contribution in [0.3, 0.4) is 0 Å². The summed E-state index contributed by atoms with van der Waals surface area (Å²) >= 11 is 0. The molecule has 0 aliphatic rings. The van der Waals surface area contributed by atoms with Crippen molar-refractivity contribution in [1.82, 2.24) is 30.0 Å². The van der Waals surface area contributed by atoms with Gasteiger partial charge >= 0.3 is 0 Å². The Morgan fingerprint density at radius 1 is 1.30 bits per heavy atom. The lowest BCUT2D eigenvalue weighted by Crippen LogP contribution is -2.32. The maximum atomic E-state index is 12.3. The Bertz CT molecular complexity index is 648. The molecule has 2 aromatic heterocycles. The number of furan rings is 1. The lowest BCUT2D eigenvalue weighted by molar-refractivity contribution is -0.131. The van der Waals surface area contributed by atoms with Gasteiger partial charge in [-0.1, -0.05) is 0 Å². The van der Waals surface area contributed by atoms with Crippen LogP contribution in [-0.2, 0) is 24.4 Å². The second-order valence-corrected chi connectivity index (χ2v) is 6.02. The highest BCUT2D eigenvalue weighted by atomic mass is 16.3. The Morgan fingerprint density at radius 3 is 2.65 bits per heavy atom. The molecule has 0 aliphatic carbocycles. The Morgan fingerprint density at radius 2 is 2.04 bits per heavy atom. The number of tetrazole rings is 1. The molecule has 0 fully saturated rings. The summed E-state index contributed by atoms with van der Waals surface area (Å²) in [6, 6.07) is 4.13. The van der Waals surface area contributed by atoms with E-state index >= 15 is 0 Å². The minimum Gasteiger partial charge on any atom is -0.464 e. The molecule has 126 valence electrons. The summed E-state index contributed by atoms with van der Waals surface area (Å²) in [7, 11) is 3.74. The second-order valence-electron chi connectivity index (χ2n) is 6.02. The summed E-state index contributed by atoms with van der Waals surface area (Å²) in [6.45, 7) is 7.21. The van der Waals surface area contributed by atoms with Gasteiger partial charge in [-0.2, -0.15) is 0 Å². The first-order chi connectivity index (χ1) is 10.9. The number of hydrogen-bond acceptors (Lipinski definition) is 6. The minimum atomic E-state index is -0.0696. The van der Waals surface area contributed by atoms with Crippen molar-refractivity contribution < 1.29 is 9.21 Å². The zero-order chi connectivity index (χ0) is 17.0. The zero-order valence-corrected chi connectivity index (χ0v) is 14.4. The molecule has 2 heterocycles. The fraction of sp³-hybridized carbons (Fsp3) is 0.600. The van der Waals surface area contributed by atoms with Crippen LogP contribution in [0, 0.1) is 6.92 Å². The van der Waals surface area contributed by atoms with Gasteiger partial charge in [-0.15, -0.1) is 5.10 Å². The second kappa shape index (κ2) is 7.36. The predicted octanol–water partition coefficient (Wildman–Crippen LogP) is 1.07. The van der Waals surface area contributed by atoms with Gasteiger partial charge in [0.05, 0.1) is 13.1 Å². The molecule has 0 saturated heterocycles. The van der Waals surface area contributed by atoms with E-state index in [-0.39, 0.29) is 12.5 Å². The molecule has 2 aromatic rings. The average molecular weight is 320 g/mol. The third-order valence-corrected chi connectivity index (χ3v) is 3.78. The predicted molar refractivity (Wildman–Crippen MR) is 84.3 cm³/mol. The molecule has 0 N–H and O–H groups in total. The number of amides is 1. The zero-order valence-electron chi connectivity index (χ0n) is 14.4. The van der Waals surface area contributed by atoms with Crippen molar-refractivity contribution in [2.45, 2.75) is 46.4 Å². The maximum absolute atomic E-state index is 12.3. The quantitative estimate of drug-likeness (QED) is 0.759. The maximum Gasteiger partial charge on any atom is 0.244 e. The molecule has 23 heavy (non-hydrogen) atoms. The van der Waals surface area contributed by atoms with Crippen LogP contribution in [0.25, 0.3) is 0 Å². The summed E-state index contributed by atoms with van der Waals surface area (Å²) in [5, 5.41) is 11.6. The van der Waals surface area contributed by atoms with E-state index in [0.29, 0.717) is 25.0 Å². The van der Waals surface area contributed by atoms with E-state index in [1.165, 1.54) is 0 Å². The van der Waals surface area contributed by atoms with Gasteiger partial charge in [0, 0.05) is 13.1 Å². The van der Waals surface area contributed by atoms with Gasteiger partial charge in [0.15, 0.2) is 5.82 Å². The summed E-state index contributed by atoms with van der Waals surface area (Å²) in [5.74, 6) is 2.20. The fourth-order valence-corrected chi connectivity index (χ4v) is 2.01. The molecule has 0 unspecified atom stereocenters. The van der Waals surface area contributed by atoms with Crippen molar-refractivity contribution in [3.8, 4) is 0 Å². The van der Waals surface area contributed by atoms with Crippen LogP contribution in [0.4, 0.5) is 0 Å². The number of aromatic nitrogens is 4. The van der Waals surface area contributed by atoms with Crippen molar-refractivity contribution in [1.29, 1.82) is 0 Å². The smallest absolute Gasteiger partial charge is 0.244 e. The first kappa shape index (κ1) is 17.1. The largest absolute Gasteiger partial charge is 0.464 e. The Balaban J connectivity index is 1.96. The van der Waals surface area contributed by atoms with E-state index in [1.807, 2.05) is 26.1 Å². The number of aryl methyl sites for hydroxylation is 1. The topological polar surface area (TPSA) is 80.3 Å². The molecule has 0 aliphatic heterocycles. The normalized spacial score (nSPS) is 11.4. The number of nitrogens with zero attached hydrogens (tertiary/aromatic N) is 6. The van der Waals surface area contributed by atoms with E-state index < -0.39 is 0 Å². The highest BCUT2D eigenvalue weighted by Crippen LogP contribution is 2.09. The van der Waals surface area contributed by atoms with Crippen molar-refractivity contribution in [3.05, 3.63) is 29.5 Å².